The lowest BCUT2D eigenvalue weighted by Gasteiger charge is -2.56. The van der Waals surface area contributed by atoms with Crippen LogP contribution in [0.3, 0.4) is 0 Å². The van der Waals surface area contributed by atoms with Crippen molar-refractivity contribution in [2.75, 3.05) is 13.6 Å². The summed E-state index contributed by atoms with van der Waals surface area (Å²) in [5, 5.41) is 0. The third-order valence-corrected chi connectivity index (χ3v) is 5.59. The Kier molecular flexibility index (Phi) is 4.01. The fraction of sp³-hybridized carbons (Fsp3) is 0.550. The number of nitrogens with zero attached hydrogens (tertiary/aromatic N) is 1. The molecular formula is C20H25NO4. The van der Waals surface area contributed by atoms with E-state index in [2.05, 4.69) is 6.92 Å². The molecule has 134 valence electrons. The highest BCUT2D eigenvalue weighted by Gasteiger charge is 2.59. The molecule has 1 aliphatic heterocycles. The lowest BCUT2D eigenvalue weighted by molar-refractivity contribution is -0.172. The Morgan fingerprint density at radius 1 is 1.20 bits per heavy atom. The summed E-state index contributed by atoms with van der Waals surface area (Å²) in [5.41, 5.74) is -0.908. The van der Waals surface area contributed by atoms with Crippen LogP contribution in [0.25, 0.3) is 0 Å². The third kappa shape index (κ3) is 3.08. The van der Waals surface area contributed by atoms with Crippen molar-refractivity contribution < 1.29 is 19.1 Å². The molecule has 0 N–H and O–H groups in total. The molecule has 1 saturated carbocycles. The number of hydrogen-bond donors (Lipinski definition) is 0. The molecule has 1 aromatic rings. The minimum absolute atomic E-state index is 0.103. The number of piperidine rings is 1. The van der Waals surface area contributed by atoms with Gasteiger partial charge in [-0.1, -0.05) is 26.0 Å². The molecule has 0 radical (unpaired) electrons. The molecule has 1 aliphatic carbocycles. The molecular weight excluding hydrogens is 318 g/mol. The number of carbonyl (C=O) groups excluding carboxylic acids is 3. The molecule has 2 aliphatic rings. The Balaban J connectivity index is 1.87. The van der Waals surface area contributed by atoms with E-state index >= 15 is 0 Å². The van der Waals surface area contributed by atoms with Gasteiger partial charge in [0.2, 0.25) is 5.91 Å². The smallest absolute Gasteiger partial charge is 0.317 e. The maximum atomic E-state index is 13.0. The Bertz CT molecular complexity index is 745. The minimum Gasteiger partial charge on any atom is -0.426 e. The molecule has 5 nitrogen and oxygen atoms in total. The van der Waals surface area contributed by atoms with Gasteiger partial charge < -0.3 is 9.64 Å². The van der Waals surface area contributed by atoms with Gasteiger partial charge in [0.25, 0.3) is 0 Å². The number of likely N-dealkylation sites (tertiary alicyclic amines) is 1. The van der Waals surface area contributed by atoms with Crippen LogP contribution < -0.4 is 4.74 Å². The maximum Gasteiger partial charge on any atom is 0.317 e. The highest BCUT2D eigenvalue weighted by molar-refractivity contribution is 5.86. The Morgan fingerprint density at radius 2 is 1.92 bits per heavy atom. The van der Waals surface area contributed by atoms with Gasteiger partial charge in [-0.15, -0.1) is 0 Å². The first-order valence-electron chi connectivity index (χ1n) is 8.62. The Hall–Kier alpha value is -2.17. The second kappa shape index (κ2) is 5.68. The number of benzene rings is 1. The van der Waals surface area contributed by atoms with Crippen molar-refractivity contribution in [2.24, 2.45) is 16.2 Å². The molecule has 0 unspecified atom stereocenters. The number of esters is 1. The first-order chi connectivity index (χ1) is 11.6. The predicted molar refractivity (Wildman–Crippen MR) is 93.3 cm³/mol. The number of hydrogen-bond acceptors (Lipinski definition) is 4. The molecule has 1 amide bonds. The molecule has 25 heavy (non-hydrogen) atoms. The molecule has 1 saturated heterocycles. The van der Waals surface area contributed by atoms with Crippen LogP contribution in [-0.2, 0) is 9.59 Å². The Morgan fingerprint density at radius 3 is 2.60 bits per heavy atom. The summed E-state index contributed by atoms with van der Waals surface area (Å²) in [5.74, 6) is 0.141. The summed E-state index contributed by atoms with van der Waals surface area (Å²) in [4.78, 5) is 38.3. The molecule has 3 atom stereocenters. The van der Waals surface area contributed by atoms with E-state index in [1.807, 2.05) is 20.9 Å². The van der Waals surface area contributed by atoms with Gasteiger partial charge in [0, 0.05) is 24.6 Å². The first-order valence-corrected chi connectivity index (χ1v) is 8.62. The summed E-state index contributed by atoms with van der Waals surface area (Å²) in [6.45, 7) is 6.66. The topological polar surface area (TPSA) is 63.7 Å². The molecule has 5 heteroatoms. The second-order valence-electron chi connectivity index (χ2n) is 8.70. The summed E-state index contributed by atoms with van der Waals surface area (Å²) in [6, 6.07) is 6.57. The SMILES string of the molecule is CN1C[C@]2(C)C[C@](C)(C(=O)Oc3cccc(C=O)c3)C[C@@](C)(C2)C1=O. The second-order valence-corrected chi connectivity index (χ2v) is 8.70. The van der Waals surface area contributed by atoms with Crippen molar-refractivity contribution in [3.05, 3.63) is 29.8 Å². The van der Waals surface area contributed by atoms with Crippen molar-refractivity contribution in [3.8, 4) is 5.75 Å². The van der Waals surface area contributed by atoms with Crippen molar-refractivity contribution in [3.63, 3.8) is 0 Å². The van der Waals surface area contributed by atoms with Gasteiger partial charge in [0.15, 0.2) is 0 Å². The summed E-state index contributed by atoms with van der Waals surface area (Å²) in [6.07, 6.45) is 2.68. The number of fused-ring (bicyclic) bond motifs is 2. The number of carbonyl (C=O) groups is 3. The molecule has 1 aromatic carbocycles. The summed E-state index contributed by atoms with van der Waals surface area (Å²) >= 11 is 0. The maximum absolute atomic E-state index is 13.0. The van der Waals surface area contributed by atoms with Crippen LogP contribution in [0.4, 0.5) is 0 Å². The van der Waals surface area contributed by atoms with E-state index < -0.39 is 10.8 Å². The summed E-state index contributed by atoms with van der Waals surface area (Å²) < 4.78 is 5.59. The highest BCUT2D eigenvalue weighted by atomic mass is 16.5. The predicted octanol–water partition coefficient (Wildman–Crippen LogP) is 3.08. The van der Waals surface area contributed by atoms with E-state index in [9.17, 15) is 14.4 Å². The first kappa shape index (κ1) is 17.6. The van der Waals surface area contributed by atoms with Crippen molar-refractivity contribution >= 4 is 18.2 Å². The standard InChI is InChI=1S/C20H25NO4/c1-18-10-19(2,16(23)21(4)13-18)12-20(3,11-18)17(24)25-15-7-5-6-14(8-15)9-22/h5-9H,10-13H2,1-4H3/t18-,19+,20-/m0/s1. The molecule has 0 aromatic heterocycles. The van der Waals surface area contributed by atoms with E-state index in [0.29, 0.717) is 30.7 Å². The zero-order chi connectivity index (χ0) is 18.5. The number of rotatable bonds is 3. The van der Waals surface area contributed by atoms with Crippen LogP contribution in [-0.4, -0.2) is 36.7 Å². The summed E-state index contributed by atoms with van der Waals surface area (Å²) in [7, 11) is 1.84. The number of amides is 1. The molecule has 2 bridgehead atoms. The van der Waals surface area contributed by atoms with E-state index in [1.54, 1.807) is 29.2 Å². The van der Waals surface area contributed by atoms with Crippen LogP contribution in [0.1, 0.15) is 50.4 Å². The molecule has 0 spiro atoms. The zero-order valence-corrected chi connectivity index (χ0v) is 15.3. The van der Waals surface area contributed by atoms with E-state index in [-0.39, 0.29) is 17.3 Å². The van der Waals surface area contributed by atoms with Crippen LogP contribution in [0.15, 0.2) is 24.3 Å². The number of aldehydes is 1. The fourth-order valence-corrected chi connectivity index (χ4v) is 5.33. The highest BCUT2D eigenvalue weighted by Crippen LogP contribution is 2.58. The van der Waals surface area contributed by atoms with Gasteiger partial charge in [0.05, 0.1) is 5.41 Å². The van der Waals surface area contributed by atoms with Gasteiger partial charge in [-0.25, -0.2) is 0 Å². The monoisotopic (exact) mass is 343 g/mol. The molecule has 2 fully saturated rings. The lowest BCUT2D eigenvalue weighted by atomic mass is 9.52. The van der Waals surface area contributed by atoms with E-state index in [0.717, 1.165) is 12.7 Å². The van der Waals surface area contributed by atoms with Crippen molar-refractivity contribution in [1.82, 2.24) is 4.90 Å². The molecule has 3 rings (SSSR count). The van der Waals surface area contributed by atoms with E-state index in [1.165, 1.54) is 0 Å². The fourth-order valence-electron chi connectivity index (χ4n) is 5.33. The average Bonchev–Trinajstić information content (AvgIpc) is 2.51. The van der Waals surface area contributed by atoms with Gasteiger partial charge in [-0.2, -0.15) is 0 Å². The zero-order valence-electron chi connectivity index (χ0n) is 15.3. The normalized spacial score (nSPS) is 34.6. The van der Waals surface area contributed by atoms with Crippen LogP contribution in [0.2, 0.25) is 0 Å². The van der Waals surface area contributed by atoms with Gasteiger partial charge >= 0.3 is 5.97 Å². The minimum atomic E-state index is -0.726. The number of ether oxygens (including phenoxy) is 1. The lowest BCUT2D eigenvalue weighted by Crippen LogP contribution is -2.60. The largest absolute Gasteiger partial charge is 0.426 e. The van der Waals surface area contributed by atoms with Gasteiger partial charge in [-0.05, 0) is 43.7 Å². The van der Waals surface area contributed by atoms with Crippen molar-refractivity contribution in [2.45, 2.75) is 40.0 Å². The van der Waals surface area contributed by atoms with Gasteiger partial charge in [0.1, 0.15) is 12.0 Å². The van der Waals surface area contributed by atoms with Gasteiger partial charge in [-0.3, -0.25) is 14.4 Å². The Labute approximate surface area is 148 Å². The van der Waals surface area contributed by atoms with Crippen molar-refractivity contribution in [1.29, 1.82) is 0 Å². The molecule has 1 heterocycles. The average molecular weight is 343 g/mol. The van der Waals surface area contributed by atoms with Crippen LogP contribution in [0.5, 0.6) is 5.75 Å². The van der Waals surface area contributed by atoms with Crippen LogP contribution in [0, 0.1) is 16.2 Å². The van der Waals surface area contributed by atoms with E-state index in [4.69, 9.17) is 4.74 Å². The quantitative estimate of drug-likeness (QED) is 0.481. The van der Waals surface area contributed by atoms with Crippen LogP contribution >= 0.6 is 0 Å². The third-order valence-electron chi connectivity index (χ3n) is 5.59.